The average molecular weight is 1150 g/mol. The minimum absolute atomic E-state index is 0.134. The molecular formula is C86H64BN3. The summed E-state index contributed by atoms with van der Waals surface area (Å²) >= 11 is 0. The summed E-state index contributed by atoms with van der Waals surface area (Å²) < 4.78 is 8.03. The van der Waals surface area contributed by atoms with Crippen LogP contribution >= 0.6 is 0 Å². The predicted molar refractivity (Wildman–Crippen MR) is 384 cm³/mol. The number of hydrogen-bond acceptors (Lipinski definition) is 0. The Kier molecular flexibility index (Phi) is 11.3. The van der Waals surface area contributed by atoms with Crippen LogP contribution in [0.25, 0.3) is 149 Å². The SMILES string of the molecule is CC(C)(C)c1cc(-c2ccccc2)c2c(c1)c1cc(C(C)(C)C)cc(-c3ccccc3)c1n2-c1cc2c3c(c1)-n1c4ccc(-c5ccccc5)cc4c4cc(-c5ccccc5)cc(c41)B3c1cc(-c3ccccc3)cc3c4cc(-c5ccccc5)ccc4n-2c13. The third kappa shape index (κ3) is 7.86. The monoisotopic (exact) mass is 1150 g/mol. The lowest BCUT2D eigenvalue weighted by molar-refractivity contribution is 0.590. The number of nitrogens with zero attached hydrogens (tertiary/aromatic N) is 3. The van der Waals surface area contributed by atoms with E-state index in [1.54, 1.807) is 0 Å². The lowest BCUT2D eigenvalue weighted by Crippen LogP contribution is -2.59. The Balaban J connectivity index is 1.07. The number of benzene rings is 13. The van der Waals surface area contributed by atoms with Gasteiger partial charge >= 0.3 is 0 Å². The molecule has 0 saturated carbocycles. The third-order valence-corrected chi connectivity index (χ3v) is 19.8. The number of fused-ring (bicyclic) bond motifs is 13. The molecule has 2 aliphatic heterocycles. The first-order valence-corrected chi connectivity index (χ1v) is 31.8. The van der Waals surface area contributed by atoms with Crippen molar-refractivity contribution in [3.05, 3.63) is 290 Å². The number of rotatable bonds is 7. The molecule has 13 aromatic carbocycles. The van der Waals surface area contributed by atoms with Gasteiger partial charge in [0.15, 0.2) is 0 Å². The van der Waals surface area contributed by atoms with Crippen molar-refractivity contribution in [1.82, 2.24) is 13.7 Å². The molecule has 0 aliphatic carbocycles. The van der Waals surface area contributed by atoms with Gasteiger partial charge < -0.3 is 13.7 Å². The van der Waals surface area contributed by atoms with E-state index in [0.717, 1.165) is 5.69 Å². The summed E-state index contributed by atoms with van der Waals surface area (Å²) in [4.78, 5) is 0. The van der Waals surface area contributed by atoms with Crippen molar-refractivity contribution in [3.8, 4) is 83.8 Å². The highest BCUT2D eigenvalue weighted by molar-refractivity contribution is 7.00. The van der Waals surface area contributed by atoms with Crippen LogP contribution in [0.1, 0.15) is 52.7 Å². The van der Waals surface area contributed by atoms with Crippen molar-refractivity contribution in [2.45, 2.75) is 52.4 Å². The van der Waals surface area contributed by atoms with Crippen molar-refractivity contribution in [1.29, 1.82) is 0 Å². The second-order valence-corrected chi connectivity index (χ2v) is 27.3. The highest BCUT2D eigenvalue weighted by atomic mass is 15.1. The second-order valence-electron chi connectivity index (χ2n) is 27.3. The maximum atomic E-state index is 2.69. The van der Waals surface area contributed by atoms with Gasteiger partial charge in [0, 0.05) is 65.9 Å². The fourth-order valence-electron chi connectivity index (χ4n) is 15.5. The Bertz CT molecular complexity index is 5280. The molecule has 3 aromatic heterocycles. The molecule has 0 saturated heterocycles. The zero-order valence-electron chi connectivity index (χ0n) is 51.5. The summed E-state index contributed by atoms with van der Waals surface area (Å²) in [5, 5.41) is 7.50. The molecule has 3 nitrogen and oxygen atoms in total. The molecular weight excluding hydrogens is 1090 g/mol. The van der Waals surface area contributed by atoms with Crippen LogP contribution < -0.4 is 16.4 Å². The molecule has 426 valence electrons. The Hall–Kier alpha value is -10.7. The van der Waals surface area contributed by atoms with E-state index in [1.165, 1.54) is 171 Å². The van der Waals surface area contributed by atoms with Crippen LogP contribution in [-0.4, -0.2) is 20.4 Å². The van der Waals surface area contributed by atoms with Gasteiger partial charge in [-0.1, -0.05) is 248 Å². The van der Waals surface area contributed by atoms with E-state index in [9.17, 15) is 0 Å². The van der Waals surface area contributed by atoms with Crippen LogP contribution in [0.15, 0.2) is 279 Å². The van der Waals surface area contributed by atoms with Crippen LogP contribution in [0.3, 0.4) is 0 Å². The third-order valence-electron chi connectivity index (χ3n) is 19.8. The summed E-state index contributed by atoms with van der Waals surface area (Å²) in [6, 6.07) is 106. The van der Waals surface area contributed by atoms with Gasteiger partial charge in [-0.25, -0.2) is 0 Å². The number of aromatic nitrogens is 3. The summed E-state index contributed by atoms with van der Waals surface area (Å²) in [5.74, 6) is 0. The minimum Gasteiger partial charge on any atom is -0.310 e. The van der Waals surface area contributed by atoms with Crippen molar-refractivity contribution in [2.24, 2.45) is 0 Å². The van der Waals surface area contributed by atoms with Crippen molar-refractivity contribution in [2.75, 3.05) is 0 Å². The van der Waals surface area contributed by atoms with Gasteiger partial charge in [0.2, 0.25) is 0 Å². The molecule has 0 amide bonds. The van der Waals surface area contributed by atoms with Gasteiger partial charge in [-0.05, 0) is 167 Å². The van der Waals surface area contributed by atoms with Crippen LogP contribution in [0.5, 0.6) is 0 Å². The highest BCUT2D eigenvalue weighted by Gasteiger charge is 2.43. The maximum Gasteiger partial charge on any atom is 0.252 e. The largest absolute Gasteiger partial charge is 0.310 e. The van der Waals surface area contributed by atoms with E-state index in [4.69, 9.17) is 0 Å². The Morgan fingerprint density at radius 2 is 0.578 bits per heavy atom. The summed E-state index contributed by atoms with van der Waals surface area (Å²) in [6.07, 6.45) is 0. The molecule has 16 aromatic rings. The van der Waals surface area contributed by atoms with Gasteiger partial charge in [-0.15, -0.1) is 0 Å². The zero-order valence-corrected chi connectivity index (χ0v) is 51.5. The first-order valence-electron chi connectivity index (χ1n) is 31.8. The van der Waals surface area contributed by atoms with Crippen LogP contribution in [0.2, 0.25) is 0 Å². The van der Waals surface area contributed by atoms with Gasteiger partial charge in [0.05, 0.1) is 27.8 Å². The minimum atomic E-state index is -0.140. The smallest absolute Gasteiger partial charge is 0.252 e. The predicted octanol–water partition coefficient (Wildman–Crippen LogP) is 20.7. The molecule has 0 unspecified atom stereocenters. The van der Waals surface area contributed by atoms with Crippen molar-refractivity contribution < 1.29 is 0 Å². The maximum absolute atomic E-state index is 2.69. The number of hydrogen-bond donors (Lipinski definition) is 0. The first kappa shape index (κ1) is 52.4. The molecule has 0 atom stereocenters. The molecule has 0 bridgehead atoms. The van der Waals surface area contributed by atoms with Crippen molar-refractivity contribution in [3.63, 3.8) is 0 Å². The van der Waals surface area contributed by atoms with E-state index in [0.29, 0.717) is 0 Å². The van der Waals surface area contributed by atoms with Crippen molar-refractivity contribution >= 4 is 88.5 Å². The fourth-order valence-corrected chi connectivity index (χ4v) is 15.5. The lowest BCUT2D eigenvalue weighted by Gasteiger charge is -2.35. The Morgan fingerprint density at radius 3 is 0.933 bits per heavy atom. The highest BCUT2D eigenvalue weighted by Crippen LogP contribution is 2.49. The standard InChI is InChI=1S/C86H64BN3/c1-85(2,3)63-47-66(57-33-21-11-22-34-57)81-72(49-63)73-50-64(86(4,5)6)48-67(58-35-23-12-24-36-58)82(73)88(81)65-51-78-80-79(52-65)90-77-40-38-60(54-27-15-8-16-28-54)42-69(77)71-44-62(56-31-19-10-20-32-56)46-75(84(71)90)87(80)74-45-61(55-29-17-9-18-30-55)43-70-68-41-59(53-25-13-7-14-26-53)37-39-76(68)89(78)83(70)74/h7-52H,1-6H3. The van der Waals surface area contributed by atoms with Gasteiger partial charge in [-0.2, -0.15) is 0 Å². The quantitative estimate of drug-likeness (QED) is 0.141. The normalized spacial score (nSPS) is 12.8. The molecule has 0 N–H and O–H groups in total. The van der Waals surface area contributed by atoms with Gasteiger partial charge in [0.25, 0.3) is 6.71 Å². The van der Waals surface area contributed by atoms with Crippen LogP contribution in [0, 0.1) is 0 Å². The average Bonchev–Trinajstić information content (AvgIpc) is 1.41. The summed E-state index contributed by atoms with van der Waals surface area (Å²) in [6.45, 7) is 14.0. The molecule has 5 heterocycles. The van der Waals surface area contributed by atoms with Crippen LogP contribution in [0.4, 0.5) is 0 Å². The van der Waals surface area contributed by atoms with E-state index in [-0.39, 0.29) is 17.5 Å². The molecule has 2 aliphatic rings. The summed E-state index contributed by atoms with van der Waals surface area (Å²) in [7, 11) is 0. The molecule has 0 radical (unpaired) electrons. The van der Waals surface area contributed by atoms with E-state index < -0.39 is 0 Å². The molecule has 0 spiro atoms. The second kappa shape index (κ2) is 19.4. The lowest BCUT2D eigenvalue weighted by atomic mass is 9.34. The summed E-state index contributed by atoms with van der Waals surface area (Å²) in [5.41, 5.74) is 31.6. The molecule has 90 heavy (non-hydrogen) atoms. The van der Waals surface area contributed by atoms with E-state index >= 15 is 0 Å². The Morgan fingerprint density at radius 1 is 0.256 bits per heavy atom. The molecule has 18 rings (SSSR count). The molecule has 0 fully saturated rings. The fraction of sp³-hybridized carbons (Fsp3) is 0.0930. The van der Waals surface area contributed by atoms with E-state index in [1.807, 2.05) is 0 Å². The van der Waals surface area contributed by atoms with E-state index in [2.05, 4.69) is 334 Å². The molecule has 4 heteroatoms. The first-order chi connectivity index (χ1) is 43.9. The topological polar surface area (TPSA) is 14.8 Å². The van der Waals surface area contributed by atoms with Gasteiger partial charge in [0.1, 0.15) is 0 Å². The van der Waals surface area contributed by atoms with Gasteiger partial charge in [-0.3, -0.25) is 0 Å². The van der Waals surface area contributed by atoms with Crippen LogP contribution in [-0.2, 0) is 10.8 Å². The zero-order chi connectivity index (χ0) is 60.3. The Labute approximate surface area is 525 Å².